The average molecular weight is 523 g/mol. The van der Waals surface area contributed by atoms with Crippen molar-refractivity contribution < 1.29 is 23.5 Å². The van der Waals surface area contributed by atoms with Crippen molar-refractivity contribution in [3.8, 4) is 0 Å². The third kappa shape index (κ3) is 5.50. The lowest BCUT2D eigenvalue weighted by molar-refractivity contribution is -0.138. The SMILES string of the molecule is CN1CCN(C(=O)[C@@H]2[C@H](c3ccc(NC(=O)c4cccs4)cc3)OC(=O)N2Cc2cccc(F)c2)CC1. The quantitative estimate of drug-likeness (QED) is 0.530. The lowest BCUT2D eigenvalue weighted by Crippen LogP contribution is -2.54. The molecule has 2 aliphatic rings. The van der Waals surface area contributed by atoms with E-state index in [-0.39, 0.29) is 18.4 Å². The van der Waals surface area contributed by atoms with E-state index in [1.54, 1.807) is 47.4 Å². The number of anilines is 1. The van der Waals surface area contributed by atoms with E-state index in [2.05, 4.69) is 10.2 Å². The number of piperazine rings is 1. The van der Waals surface area contributed by atoms with Gasteiger partial charge in [0.2, 0.25) is 5.91 Å². The molecule has 192 valence electrons. The molecule has 2 aromatic carbocycles. The first kappa shape index (κ1) is 24.9. The van der Waals surface area contributed by atoms with Crippen LogP contribution in [-0.4, -0.2) is 71.9 Å². The van der Waals surface area contributed by atoms with Crippen LogP contribution >= 0.6 is 11.3 Å². The molecule has 2 atom stereocenters. The Morgan fingerprint density at radius 1 is 1.05 bits per heavy atom. The van der Waals surface area contributed by atoms with Gasteiger partial charge in [0.05, 0.1) is 11.4 Å². The molecule has 10 heteroatoms. The highest BCUT2D eigenvalue weighted by Crippen LogP contribution is 2.35. The standard InChI is InChI=1S/C27H27FN4O4S/c1-30-11-13-31(14-12-30)26(34)23-24(36-27(35)32(23)17-18-4-2-5-20(28)16-18)19-7-9-21(10-8-19)29-25(33)22-6-3-15-37-22/h2-10,15-16,23-24H,11-14,17H2,1H3,(H,29,33)/t23-,24-/m0/s1. The first-order valence-corrected chi connectivity index (χ1v) is 12.9. The van der Waals surface area contributed by atoms with Crippen molar-refractivity contribution in [1.82, 2.24) is 14.7 Å². The highest BCUT2D eigenvalue weighted by molar-refractivity contribution is 7.12. The van der Waals surface area contributed by atoms with Gasteiger partial charge in [-0.15, -0.1) is 11.3 Å². The first-order chi connectivity index (χ1) is 17.9. The number of hydrogen-bond donors (Lipinski definition) is 1. The van der Waals surface area contributed by atoms with Crippen LogP contribution in [0.4, 0.5) is 14.9 Å². The van der Waals surface area contributed by atoms with E-state index in [9.17, 15) is 18.8 Å². The number of rotatable bonds is 6. The van der Waals surface area contributed by atoms with Crippen molar-refractivity contribution in [1.29, 1.82) is 0 Å². The van der Waals surface area contributed by atoms with Crippen LogP contribution in [-0.2, 0) is 16.1 Å². The molecule has 0 radical (unpaired) electrons. The first-order valence-electron chi connectivity index (χ1n) is 12.0. The average Bonchev–Trinajstić information content (AvgIpc) is 3.54. The highest BCUT2D eigenvalue weighted by Gasteiger charge is 2.48. The Bertz CT molecular complexity index is 1280. The number of nitrogens with one attached hydrogen (secondary N) is 1. The molecule has 0 aliphatic carbocycles. The summed E-state index contributed by atoms with van der Waals surface area (Å²) in [5.74, 6) is -0.821. The van der Waals surface area contributed by atoms with Gasteiger partial charge < -0.3 is 19.9 Å². The molecule has 0 saturated carbocycles. The Kier molecular flexibility index (Phi) is 7.20. The van der Waals surface area contributed by atoms with Gasteiger partial charge in [-0.1, -0.05) is 30.3 Å². The lowest BCUT2D eigenvalue weighted by atomic mass is 9.99. The maximum Gasteiger partial charge on any atom is 0.411 e. The molecule has 3 aromatic rings. The van der Waals surface area contributed by atoms with Crippen LogP contribution in [0.5, 0.6) is 0 Å². The minimum atomic E-state index is -0.897. The van der Waals surface area contributed by atoms with Crippen LogP contribution in [0, 0.1) is 5.82 Å². The van der Waals surface area contributed by atoms with Crippen molar-refractivity contribution in [2.24, 2.45) is 0 Å². The zero-order valence-corrected chi connectivity index (χ0v) is 21.1. The second-order valence-corrected chi connectivity index (χ2v) is 10.1. The van der Waals surface area contributed by atoms with Crippen molar-refractivity contribution in [3.63, 3.8) is 0 Å². The smallest absolute Gasteiger partial charge is 0.411 e. The second-order valence-electron chi connectivity index (χ2n) is 9.19. The van der Waals surface area contributed by atoms with Gasteiger partial charge in [0, 0.05) is 31.9 Å². The summed E-state index contributed by atoms with van der Waals surface area (Å²) in [4.78, 5) is 45.0. The monoisotopic (exact) mass is 522 g/mol. The van der Waals surface area contributed by atoms with Crippen molar-refractivity contribution in [2.45, 2.75) is 18.7 Å². The highest BCUT2D eigenvalue weighted by atomic mass is 32.1. The number of likely N-dealkylation sites (N-methyl/N-ethyl adjacent to an activating group) is 1. The number of carbonyl (C=O) groups is 3. The maximum absolute atomic E-state index is 13.8. The molecule has 8 nitrogen and oxygen atoms in total. The van der Waals surface area contributed by atoms with Crippen LogP contribution in [0.15, 0.2) is 66.0 Å². The Balaban J connectivity index is 1.39. The third-order valence-electron chi connectivity index (χ3n) is 6.64. The second kappa shape index (κ2) is 10.7. The van der Waals surface area contributed by atoms with Gasteiger partial charge in [0.25, 0.3) is 5.91 Å². The molecule has 2 aliphatic heterocycles. The number of amides is 3. The van der Waals surface area contributed by atoms with Crippen LogP contribution in [0.1, 0.15) is 26.9 Å². The Labute approximate surface area is 218 Å². The minimum Gasteiger partial charge on any atom is -0.438 e. The van der Waals surface area contributed by atoms with E-state index >= 15 is 0 Å². The summed E-state index contributed by atoms with van der Waals surface area (Å²) in [6.07, 6.45) is -1.47. The summed E-state index contributed by atoms with van der Waals surface area (Å²) >= 11 is 1.35. The fraction of sp³-hybridized carbons (Fsp3) is 0.296. The van der Waals surface area contributed by atoms with E-state index in [0.29, 0.717) is 34.8 Å². The van der Waals surface area contributed by atoms with Crippen molar-refractivity contribution >= 4 is 34.9 Å². The molecule has 37 heavy (non-hydrogen) atoms. The van der Waals surface area contributed by atoms with Gasteiger partial charge >= 0.3 is 6.09 Å². The fourth-order valence-corrected chi connectivity index (χ4v) is 5.22. The fourth-order valence-electron chi connectivity index (χ4n) is 4.60. The molecule has 0 unspecified atom stereocenters. The lowest BCUT2D eigenvalue weighted by Gasteiger charge is -2.36. The zero-order chi connectivity index (χ0) is 25.9. The summed E-state index contributed by atoms with van der Waals surface area (Å²) in [5.41, 5.74) is 1.79. The molecular weight excluding hydrogens is 495 g/mol. The largest absolute Gasteiger partial charge is 0.438 e. The Hall–Kier alpha value is -3.76. The number of thiophene rings is 1. The van der Waals surface area contributed by atoms with E-state index in [4.69, 9.17) is 4.74 Å². The van der Waals surface area contributed by atoms with E-state index in [1.807, 2.05) is 18.5 Å². The Morgan fingerprint density at radius 2 is 1.81 bits per heavy atom. The number of nitrogens with zero attached hydrogens (tertiary/aromatic N) is 3. The van der Waals surface area contributed by atoms with Crippen molar-refractivity contribution in [2.75, 3.05) is 38.5 Å². The number of cyclic esters (lactones) is 1. The normalized spacial score (nSPS) is 20.1. The number of benzene rings is 2. The summed E-state index contributed by atoms with van der Waals surface area (Å²) in [7, 11) is 2.00. The van der Waals surface area contributed by atoms with E-state index < -0.39 is 24.1 Å². The number of ether oxygens (including phenoxy) is 1. The van der Waals surface area contributed by atoms with Gasteiger partial charge in [-0.25, -0.2) is 9.18 Å². The molecule has 0 bridgehead atoms. The summed E-state index contributed by atoms with van der Waals surface area (Å²) in [6, 6.07) is 15.6. The maximum atomic E-state index is 13.8. The topological polar surface area (TPSA) is 82.2 Å². The van der Waals surface area contributed by atoms with Gasteiger partial charge in [-0.05, 0) is 53.9 Å². The molecule has 2 saturated heterocycles. The number of carbonyl (C=O) groups excluding carboxylic acids is 3. The van der Waals surface area contributed by atoms with Crippen LogP contribution in [0.25, 0.3) is 0 Å². The molecule has 3 heterocycles. The third-order valence-corrected chi connectivity index (χ3v) is 7.51. The molecule has 3 amide bonds. The Morgan fingerprint density at radius 3 is 2.49 bits per heavy atom. The number of hydrogen-bond acceptors (Lipinski definition) is 6. The predicted molar refractivity (Wildman–Crippen MR) is 138 cm³/mol. The molecule has 0 spiro atoms. The summed E-state index contributed by atoms with van der Waals surface area (Å²) < 4.78 is 19.6. The number of halogens is 1. The van der Waals surface area contributed by atoms with E-state index in [1.165, 1.54) is 28.4 Å². The summed E-state index contributed by atoms with van der Waals surface area (Å²) in [6.45, 7) is 2.62. The molecule has 1 aromatic heterocycles. The van der Waals surface area contributed by atoms with Crippen molar-refractivity contribution in [3.05, 3.63) is 87.9 Å². The van der Waals surface area contributed by atoms with E-state index in [0.717, 1.165) is 13.1 Å². The molecule has 5 rings (SSSR count). The molecule has 2 fully saturated rings. The summed E-state index contributed by atoms with van der Waals surface area (Å²) in [5, 5.41) is 4.68. The zero-order valence-electron chi connectivity index (χ0n) is 20.3. The predicted octanol–water partition coefficient (Wildman–Crippen LogP) is 3.98. The van der Waals surface area contributed by atoms with Gasteiger partial charge in [0.15, 0.2) is 12.1 Å². The molecular formula is C27H27FN4O4S. The van der Waals surface area contributed by atoms with Gasteiger partial charge in [-0.2, -0.15) is 0 Å². The van der Waals surface area contributed by atoms with Crippen LogP contribution < -0.4 is 5.32 Å². The van der Waals surface area contributed by atoms with Crippen LogP contribution in [0.3, 0.4) is 0 Å². The minimum absolute atomic E-state index is 0.0478. The van der Waals surface area contributed by atoms with Crippen LogP contribution in [0.2, 0.25) is 0 Å². The van der Waals surface area contributed by atoms with Gasteiger partial charge in [-0.3, -0.25) is 14.5 Å². The van der Waals surface area contributed by atoms with Gasteiger partial charge in [0.1, 0.15) is 5.82 Å². The molecule has 1 N–H and O–H groups in total.